The molecule has 0 aromatic carbocycles. The molecule has 1 aliphatic rings. The Kier molecular flexibility index (Phi) is 4.37. The van der Waals surface area contributed by atoms with E-state index in [0.29, 0.717) is 6.04 Å². The number of morpholine rings is 1. The number of rotatable bonds is 4. The molecule has 18 heavy (non-hydrogen) atoms. The van der Waals surface area contributed by atoms with Crippen molar-refractivity contribution >= 4 is 0 Å². The second-order valence-electron chi connectivity index (χ2n) is 5.38. The Morgan fingerprint density at radius 1 is 1.50 bits per heavy atom. The van der Waals surface area contributed by atoms with Crippen molar-refractivity contribution in [1.82, 2.24) is 14.7 Å². The molecule has 0 bridgehead atoms. The predicted molar refractivity (Wildman–Crippen MR) is 71.3 cm³/mol. The van der Waals surface area contributed by atoms with E-state index in [1.807, 2.05) is 17.8 Å². The number of aromatic nitrogens is 2. The van der Waals surface area contributed by atoms with Crippen LogP contribution in [-0.4, -0.2) is 46.5 Å². The van der Waals surface area contributed by atoms with Gasteiger partial charge in [-0.15, -0.1) is 0 Å². The van der Waals surface area contributed by atoms with Gasteiger partial charge in [-0.25, -0.2) is 0 Å². The van der Waals surface area contributed by atoms with Gasteiger partial charge in [0, 0.05) is 37.9 Å². The van der Waals surface area contributed by atoms with Gasteiger partial charge in [-0.1, -0.05) is 0 Å². The molecule has 2 atom stereocenters. The summed E-state index contributed by atoms with van der Waals surface area (Å²) in [6.07, 6.45) is 2.19. The Labute approximate surface area is 109 Å². The van der Waals surface area contributed by atoms with Crippen LogP contribution in [0.15, 0.2) is 12.3 Å². The molecule has 1 fully saturated rings. The third-order valence-corrected chi connectivity index (χ3v) is 3.34. The van der Waals surface area contributed by atoms with Crippen LogP contribution in [0.2, 0.25) is 0 Å². The topological polar surface area (TPSA) is 56.3 Å². The van der Waals surface area contributed by atoms with E-state index in [9.17, 15) is 0 Å². The average molecular weight is 252 g/mol. The summed E-state index contributed by atoms with van der Waals surface area (Å²) in [5.41, 5.74) is 7.01. The maximum absolute atomic E-state index is 5.90. The fraction of sp³-hybridized carbons (Fsp3) is 0.769. The number of hydrogen-bond acceptors (Lipinski definition) is 4. The molecule has 0 radical (unpaired) electrons. The van der Waals surface area contributed by atoms with E-state index >= 15 is 0 Å². The van der Waals surface area contributed by atoms with E-state index in [1.54, 1.807) is 0 Å². The highest BCUT2D eigenvalue weighted by Crippen LogP contribution is 2.12. The Hall–Kier alpha value is -0.910. The van der Waals surface area contributed by atoms with Gasteiger partial charge in [-0.05, 0) is 26.8 Å². The third-order valence-electron chi connectivity index (χ3n) is 3.34. The number of nitrogens with two attached hydrogens (primary N) is 1. The predicted octanol–water partition coefficient (Wildman–Crippen LogP) is 1.01. The summed E-state index contributed by atoms with van der Waals surface area (Å²) < 4.78 is 7.66. The van der Waals surface area contributed by atoms with E-state index < -0.39 is 0 Å². The fourth-order valence-corrected chi connectivity index (χ4v) is 2.17. The van der Waals surface area contributed by atoms with Gasteiger partial charge in [-0.3, -0.25) is 9.58 Å². The Bertz CT molecular complexity index is 375. The normalized spacial score (nSPS) is 23.5. The molecule has 1 saturated heterocycles. The summed E-state index contributed by atoms with van der Waals surface area (Å²) in [7, 11) is 0. The molecule has 0 saturated carbocycles. The molecule has 2 unspecified atom stereocenters. The first kappa shape index (κ1) is 13.5. The summed E-state index contributed by atoms with van der Waals surface area (Å²) in [5.74, 6) is 0. The second kappa shape index (κ2) is 5.82. The molecule has 2 heterocycles. The monoisotopic (exact) mass is 252 g/mol. The molecule has 5 nitrogen and oxygen atoms in total. The van der Waals surface area contributed by atoms with Crippen molar-refractivity contribution < 1.29 is 4.74 Å². The van der Waals surface area contributed by atoms with E-state index in [0.717, 1.165) is 31.9 Å². The fourth-order valence-electron chi connectivity index (χ4n) is 2.17. The van der Waals surface area contributed by atoms with Crippen LogP contribution in [0.5, 0.6) is 0 Å². The van der Waals surface area contributed by atoms with Crippen molar-refractivity contribution in [2.24, 2.45) is 5.73 Å². The molecule has 1 aliphatic heterocycles. The summed E-state index contributed by atoms with van der Waals surface area (Å²) >= 11 is 0. The molecule has 1 aromatic heterocycles. The van der Waals surface area contributed by atoms with Crippen molar-refractivity contribution in [3.05, 3.63) is 18.0 Å². The molecule has 5 heteroatoms. The minimum atomic E-state index is 0.0843. The van der Waals surface area contributed by atoms with Gasteiger partial charge in [0.1, 0.15) is 0 Å². The highest BCUT2D eigenvalue weighted by Gasteiger charge is 2.23. The van der Waals surface area contributed by atoms with Crippen molar-refractivity contribution in [3.63, 3.8) is 0 Å². The van der Waals surface area contributed by atoms with Gasteiger partial charge in [0.15, 0.2) is 0 Å². The first-order valence-electron chi connectivity index (χ1n) is 6.70. The van der Waals surface area contributed by atoms with E-state index in [4.69, 9.17) is 10.5 Å². The minimum absolute atomic E-state index is 0.0843. The summed E-state index contributed by atoms with van der Waals surface area (Å²) in [6, 6.07) is 2.59. The maximum Gasteiger partial charge on any atom is 0.0850 e. The first-order valence-corrected chi connectivity index (χ1v) is 6.70. The Morgan fingerprint density at radius 2 is 2.28 bits per heavy atom. The lowest BCUT2D eigenvalue weighted by Gasteiger charge is -2.34. The molecular formula is C13H24N4O. The van der Waals surface area contributed by atoms with Crippen LogP contribution < -0.4 is 5.73 Å². The average Bonchev–Trinajstić information content (AvgIpc) is 2.78. The van der Waals surface area contributed by atoms with Crippen LogP contribution in [-0.2, 0) is 11.3 Å². The van der Waals surface area contributed by atoms with Crippen molar-refractivity contribution in [3.8, 4) is 0 Å². The van der Waals surface area contributed by atoms with E-state index in [1.165, 1.54) is 0 Å². The second-order valence-corrected chi connectivity index (χ2v) is 5.38. The number of hydrogen-bond donors (Lipinski definition) is 1. The highest BCUT2D eigenvalue weighted by molar-refractivity contribution is 5.00. The minimum Gasteiger partial charge on any atom is -0.374 e. The van der Waals surface area contributed by atoms with E-state index in [2.05, 4.69) is 29.9 Å². The number of ether oxygens (including phenoxy) is 1. The Morgan fingerprint density at radius 3 is 2.89 bits per heavy atom. The van der Waals surface area contributed by atoms with Gasteiger partial charge in [0.2, 0.25) is 0 Å². The van der Waals surface area contributed by atoms with Crippen molar-refractivity contribution in [2.75, 3.05) is 19.7 Å². The zero-order valence-corrected chi connectivity index (χ0v) is 11.5. The van der Waals surface area contributed by atoms with Crippen molar-refractivity contribution in [1.29, 1.82) is 0 Å². The highest BCUT2D eigenvalue weighted by atomic mass is 16.5. The lowest BCUT2D eigenvalue weighted by Crippen LogP contribution is -2.49. The molecule has 0 amide bonds. The molecule has 102 valence electrons. The largest absolute Gasteiger partial charge is 0.374 e. The molecular weight excluding hydrogens is 228 g/mol. The van der Waals surface area contributed by atoms with Crippen LogP contribution >= 0.6 is 0 Å². The number of nitrogens with zero attached hydrogens (tertiary/aromatic N) is 3. The maximum atomic E-state index is 5.90. The smallest absolute Gasteiger partial charge is 0.0850 e. The first-order chi connectivity index (χ1) is 8.56. The molecule has 0 spiro atoms. The molecule has 2 rings (SSSR count). The van der Waals surface area contributed by atoms with Gasteiger partial charge >= 0.3 is 0 Å². The molecule has 2 N–H and O–H groups in total. The van der Waals surface area contributed by atoms with Gasteiger partial charge in [0.05, 0.1) is 18.4 Å². The van der Waals surface area contributed by atoms with Crippen LogP contribution in [0.4, 0.5) is 0 Å². The SMILES string of the molecule is CC(N)C1CN(Cc2ccn(C(C)C)n2)CCO1. The lowest BCUT2D eigenvalue weighted by atomic mass is 10.1. The zero-order chi connectivity index (χ0) is 13.1. The Balaban J connectivity index is 1.92. The van der Waals surface area contributed by atoms with Crippen LogP contribution in [0.25, 0.3) is 0 Å². The zero-order valence-electron chi connectivity index (χ0n) is 11.5. The standard InChI is InChI=1S/C13H24N4O/c1-10(2)17-5-4-12(15-17)8-16-6-7-18-13(9-16)11(3)14/h4-5,10-11,13H,6-9,14H2,1-3H3. The van der Waals surface area contributed by atoms with Crippen LogP contribution in [0.1, 0.15) is 32.5 Å². The lowest BCUT2D eigenvalue weighted by molar-refractivity contribution is -0.0407. The quantitative estimate of drug-likeness (QED) is 0.869. The van der Waals surface area contributed by atoms with Gasteiger partial charge in [0.25, 0.3) is 0 Å². The third kappa shape index (κ3) is 3.31. The van der Waals surface area contributed by atoms with Crippen LogP contribution in [0, 0.1) is 0 Å². The van der Waals surface area contributed by atoms with Gasteiger partial charge in [-0.2, -0.15) is 5.10 Å². The van der Waals surface area contributed by atoms with Gasteiger partial charge < -0.3 is 10.5 Å². The summed E-state index contributed by atoms with van der Waals surface area (Å²) in [4.78, 5) is 2.37. The molecule has 1 aromatic rings. The van der Waals surface area contributed by atoms with Crippen LogP contribution in [0.3, 0.4) is 0 Å². The summed E-state index contributed by atoms with van der Waals surface area (Å²) in [5, 5.41) is 4.58. The molecule has 0 aliphatic carbocycles. The summed E-state index contributed by atoms with van der Waals surface area (Å²) in [6.45, 7) is 9.77. The van der Waals surface area contributed by atoms with E-state index in [-0.39, 0.29) is 12.1 Å². The van der Waals surface area contributed by atoms with Crippen molar-refractivity contribution in [2.45, 2.75) is 45.5 Å².